The molecule has 1 aromatic carbocycles. The van der Waals surface area contributed by atoms with Gasteiger partial charge in [0.2, 0.25) is 0 Å². The van der Waals surface area contributed by atoms with E-state index in [0.29, 0.717) is 0 Å². The molecule has 0 aliphatic carbocycles. The molecule has 0 atom stereocenters. The minimum atomic E-state index is -5.01. The summed E-state index contributed by atoms with van der Waals surface area (Å²) in [5, 5.41) is 8.94. The van der Waals surface area contributed by atoms with Gasteiger partial charge in [-0.05, 0) is 18.2 Å². The Balaban J connectivity index is 3.19. The van der Waals surface area contributed by atoms with Gasteiger partial charge in [0, 0.05) is 5.02 Å². The molecule has 0 spiro atoms. The maximum Gasteiger partial charge on any atom is 0.455 e. The largest absolute Gasteiger partial charge is 0.507 e. The van der Waals surface area contributed by atoms with E-state index in [0.717, 1.165) is 12.1 Å². The first-order valence-electron chi connectivity index (χ1n) is 3.42. The Morgan fingerprint density at radius 2 is 1.93 bits per heavy atom. The number of benzene rings is 1. The summed E-state index contributed by atoms with van der Waals surface area (Å²) < 4.78 is 35.8. The molecule has 76 valence electrons. The van der Waals surface area contributed by atoms with Gasteiger partial charge in [-0.1, -0.05) is 11.6 Å². The molecule has 0 aromatic heterocycles. The fourth-order valence-electron chi connectivity index (χ4n) is 0.843. The van der Waals surface area contributed by atoms with E-state index in [1.807, 2.05) is 0 Å². The maximum atomic E-state index is 11.9. The maximum absolute atomic E-state index is 11.9. The van der Waals surface area contributed by atoms with Crippen molar-refractivity contribution in [3.05, 3.63) is 28.8 Å². The number of ketones is 1. The quantitative estimate of drug-likeness (QED) is 0.745. The number of carbonyl (C=O) groups excluding carboxylic acids is 1. The van der Waals surface area contributed by atoms with Crippen molar-refractivity contribution in [3.8, 4) is 5.75 Å². The first kappa shape index (κ1) is 10.8. The van der Waals surface area contributed by atoms with Crippen LogP contribution in [0.15, 0.2) is 18.2 Å². The highest BCUT2D eigenvalue weighted by Crippen LogP contribution is 2.28. The average molecular weight is 225 g/mol. The molecular formula is C8H4ClF3O2. The lowest BCUT2D eigenvalue weighted by Crippen LogP contribution is -2.22. The van der Waals surface area contributed by atoms with Crippen LogP contribution in [0.25, 0.3) is 0 Å². The lowest BCUT2D eigenvalue weighted by atomic mass is 10.1. The molecule has 1 aromatic rings. The average Bonchev–Trinajstić information content (AvgIpc) is 2.06. The monoisotopic (exact) mass is 224 g/mol. The van der Waals surface area contributed by atoms with E-state index in [9.17, 15) is 18.0 Å². The predicted molar refractivity (Wildman–Crippen MR) is 43.5 cm³/mol. The van der Waals surface area contributed by atoms with E-state index in [1.54, 1.807) is 0 Å². The minimum absolute atomic E-state index is 0.0459. The number of rotatable bonds is 1. The summed E-state index contributed by atoms with van der Waals surface area (Å²) in [6.07, 6.45) is -5.01. The topological polar surface area (TPSA) is 37.3 Å². The molecule has 2 nitrogen and oxygen atoms in total. The molecule has 0 radical (unpaired) electrons. The standard InChI is InChI=1S/C8H4ClF3O2/c9-4-1-2-6(13)5(3-4)7(14)8(10,11)12/h1-3,13H. The van der Waals surface area contributed by atoms with Gasteiger partial charge in [-0.3, -0.25) is 4.79 Å². The number of alkyl halides is 3. The molecule has 0 amide bonds. The molecule has 0 saturated carbocycles. The molecule has 0 saturated heterocycles. The highest BCUT2D eigenvalue weighted by Gasteiger charge is 2.40. The van der Waals surface area contributed by atoms with Gasteiger partial charge >= 0.3 is 6.18 Å². The molecule has 14 heavy (non-hydrogen) atoms. The van der Waals surface area contributed by atoms with Crippen LogP contribution in [-0.2, 0) is 0 Å². The molecule has 0 heterocycles. The van der Waals surface area contributed by atoms with E-state index in [2.05, 4.69) is 0 Å². The summed E-state index contributed by atoms with van der Waals surface area (Å²) in [6.45, 7) is 0. The van der Waals surface area contributed by atoms with Crippen LogP contribution < -0.4 is 0 Å². The van der Waals surface area contributed by atoms with Gasteiger partial charge < -0.3 is 5.11 Å². The lowest BCUT2D eigenvalue weighted by Gasteiger charge is -2.06. The highest BCUT2D eigenvalue weighted by molar-refractivity contribution is 6.31. The van der Waals surface area contributed by atoms with Crippen molar-refractivity contribution in [1.82, 2.24) is 0 Å². The van der Waals surface area contributed by atoms with E-state index in [-0.39, 0.29) is 5.02 Å². The Kier molecular flexibility index (Phi) is 2.71. The second-order valence-corrected chi connectivity index (χ2v) is 2.92. The zero-order valence-electron chi connectivity index (χ0n) is 6.60. The van der Waals surface area contributed by atoms with Crippen molar-refractivity contribution in [3.63, 3.8) is 0 Å². The van der Waals surface area contributed by atoms with E-state index >= 15 is 0 Å². The SMILES string of the molecule is O=C(c1cc(Cl)ccc1O)C(F)(F)F. The number of hydrogen-bond donors (Lipinski definition) is 1. The number of phenols is 1. The second kappa shape index (κ2) is 3.49. The molecule has 0 fully saturated rings. The Labute approximate surface area is 81.9 Å². The highest BCUT2D eigenvalue weighted by atomic mass is 35.5. The number of halogens is 4. The van der Waals surface area contributed by atoms with E-state index in [4.69, 9.17) is 16.7 Å². The normalized spacial score (nSPS) is 11.4. The first-order chi connectivity index (χ1) is 6.32. The van der Waals surface area contributed by atoms with Crippen LogP contribution in [0.2, 0.25) is 5.02 Å². The molecule has 0 aliphatic heterocycles. The van der Waals surface area contributed by atoms with Crippen LogP contribution in [0, 0.1) is 0 Å². The molecule has 0 bridgehead atoms. The lowest BCUT2D eigenvalue weighted by molar-refractivity contribution is -0.0886. The molecule has 6 heteroatoms. The number of carbonyl (C=O) groups is 1. The van der Waals surface area contributed by atoms with Crippen LogP contribution in [-0.4, -0.2) is 17.1 Å². The predicted octanol–water partition coefficient (Wildman–Crippen LogP) is 2.79. The van der Waals surface area contributed by atoms with Crippen molar-refractivity contribution in [2.75, 3.05) is 0 Å². The van der Waals surface area contributed by atoms with E-state index in [1.165, 1.54) is 6.07 Å². The second-order valence-electron chi connectivity index (χ2n) is 2.49. The van der Waals surface area contributed by atoms with Gasteiger partial charge in [0.15, 0.2) is 0 Å². The van der Waals surface area contributed by atoms with Gasteiger partial charge in [0.1, 0.15) is 5.75 Å². The molecule has 0 unspecified atom stereocenters. The zero-order chi connectivity index (χ0) is 10.9. The summed E-state index contributed by atoms with van der Waals surface area (Å²) in [4.78, 5) is 10.7. The van der Waals surface area contributed by atoms with Crippen LogP contribution in [0.1, 0.15) is 10.4 Å². The van der Waals surface area contributed by atoms with Crippen molar-refractivity contribution in [1.29, 1.82) is 0 Å². The minimum Gasteiger partial charge on any atom is -0.507 e. The summed E-state index contributed by atoms with van der Waals surface area (Å²) in [5.74, 6) is -2.85. The summed E-state index contributed by atoms with van der Waals surface area (Å²) in [7, 11) is 0. The smallest absolute Gasteiger partial charge is 0.455 e. The number of phenolic OH excluding ortho intramolecular Hbond substituents is 1. The third kappa shape index (κ3) is 2.17. The van der Waals surface area contributed by atoms with Crippen molar-refractivity contribution in [2.24, 2.45) is 0 Å². The summed E-state index contributed by atoms with van der Waals surface area (Å²) in [5.41, 5.74) is -0.843. The summed E-state index contributed by atoms with van der Waals surface area (Å²) in [6, 6.07) is 2.89. The molecule has 1 rings (SSSR count). The third-order valence-corrected chi connectivity index (χ3v) is 1.70. The zero-order valence-corrected chi connectivity index (χ0v) is 7.36. The van der Waals surface area contributed by atoms with Crippen molar-refractivity contribution >= 4 is 17.4 Å². The number of hydrogen-bond acceptors (Lipinski definition) is 2. The molecule has 0 aliphatic rings. The number of Topliss-reactive ketones (excluding diaryl/α,β-unsaturated/α-hetero) is 1. The fourth-order valence-corrected chi connectivity index (χ4v) is 1.01. The Hall–Kier alpha value is -1.23. The first-order valence-corrected chi connectivity index (χ1v) is 3.80. The fraction of sp³-hybridized carbons (Fsp3) is 0.125. The van der Waals surface area contributed by atoms with Crippen LogP contribution in [0.4, 0.5) is 13.2 Å². The van der Waals surface area contributed by atoms with Crippen molar-refractivity contribution < 1.29 is 23.1 Å². The molecule has 1 N–H and O–H groups in total. The van der Waals surface area contributed by atoms with Gasteiger partial charge in [-0.2, -0.15) is 13.2 Å². The Morgan fingerprint density at radius 3 is 2.43 bits per heavy atom. The van der Waals surface area contributed by atoms with Crippen LogP contribution >= 0.6 is 11.6 Å². The Bertz CT molecular complexity index is 373. The third-order valence-electron chi connectivity index (χ3n) is 1.46. The number of aromatic hydroxyl groups is 1. The van der Waals surface area contributed by atoms with Gasteiger partial charge in [0.25, 0.3) is 5.78 Å². The van der Waals surface area contributed by atoms with E-state index < -0.39 is 23.3 Å². The van der Waals surface area contributed by atoms with Crippen molar-refractivity contribution in [2.45, 2.75) is 6.18 Å². The Morgan fingerprint density at radius 1 is 1.36 bits per heavy atom. The van der Waals surface area contributed by atoms with Crippen LogP contribution in [0.5, 0.6) is 5.75 Å². The molecular weight excluding hydrogens is 221 g/mol. The van der Waals surface area contributed by atoms with Crippen LogP contribution in [0.3, 0.4) is 0 Å². The summed E-state index contributed by atoms with van der Waals surface area (Å²) >= 11 is 5.38. The van der Waals surface area contributed by atoms with Gasteiger partial charge in [0.05, 0.1) is 5.56 Å². The van der Waals surface area contributed by atoms with Gasteiger partial charge in [-0.15, -0.1) is 0 Å². The van der Waals surface area contributed by atoms with Gasteiger partial charge in [-0.25, -0.2) is 0 Å².